The van der Waals surface area contributed by atoms with E-state index in [0.29, 0.717) is 30.9 Å². The summed E-state index contributed by atoms with van der Waals surface area (Å²) in [6, 6.07) is 6.42. The Kier molecular flexibility index (Phi) is 16.5. The summed E-state index contributed by atoms with van der Waals surface area (Å²) < 4.78 is 35.2. The second kappa shape index (κ2) is 20.3. The largest absolute Gasteiger partial charge is 0.444 e. The van der Waals surface area contributed by atoms with Gasteiger partial charge in [0.15, 0.2) is 24.1 Å². The number of methoxy groups -OCH3 is 4. The lowest BCUT2D eigenvalue weighted by molar-refractivity contribution is 0.0183. The van der Waals surface area contributed by atoms with Gasteiger partial charge in [-0.2, -0.15) is 15.1 Å². The van der Waals surface area contributed by atoms with E-state index < -0.39 is 30.5 Å². The molecule has 2 rings (SSSR count). The van der Waals surface area contributed by atoms with Crippen LogP contribution in [0.2, 0.25) is 0 Å². The van der Waals surface area contributed by atoms with Crippen LogP contribution in [0.4, 0.5) is 49.0 Å². The number of hydrogen-bond acceptors (Lipinski definition) is 15. The number of hydrogen-bond donors (Lipinski definition) is 4. The molecule has 18 nitrogen and oxygen atoms in total. The predicted molar refractivity (Wildman–Crippen MR) is 162 cm³/mol. The Morgan fingerprint density at radius 3 is 2.11 bits per heavy atom. The molecule has 1 heterocycles. The van der Waals surface area contributed by atoms with Crippen LogP contribution < -0.4 is 21.3 Å². The van der Waals surface area contributed by atoms with Gasteiger partial charge in [-0.3, -0.25) is 16.0 Å². The second-order valence-electron chi connectivity index (χ2n) is 9.17. The van der Waals surface area contributed by atoms with Crippen LogP contribution in [0.25, 0.3) is 0 Å². The molecular formula is C27H40N8O10. The first-order chi connectivity index (χ1) is 21.7. The van der Waals surface area contributed by atoms with Gasteiger partial charge in [0, 0.05) is 47.3 Å². The van der Waals surface area contributed by atoms with Crippen molar-refractivity contribution in [2.75, 3.05) is 82.9 Å². The minimum absolute atomic E-state index is 0.00768. The molecule has 0 aliphatic rings. The van der Waals surface area contributed by atoms with Crippen molar-refractivity contribution in [3.63, 3.8) is 0 Å². The van der Waals surface area contributed by atoms with E-state index in [4.69, 9.17) is 33.2 Å². The Labute approximate surface area is 260 Å². The lowest BCUT2D eigenvalue weighted by Crippen LogP contribution is -2.26. The fourth-order valence-corrected chi connectivity index (χ4v) is 3.41. The number of nitrogens with one attached hydrogen (secondary N) is 4. The van der Waals surface area contributed by atoms with Crippen molar-refractivity contribution in [3.8, 4) is 0 Å². The predicted octanol–water partition coefficient (Wildman–Crippen LogP) is 4.66. The van der Waals surface area contributed by atoms with Crippen LogP contribution in [0.5, 0.6) is 0 Å². The number of carbonyl (C=O) groups excluding carboxylic acids is 3. The molecule has 0 spiro atoms. The fourth-order valence-electron chi connectivity index (χ4n) is 3.41. The highest BCUT2D eigenvalue weighted by Gasteiger charge is 2.21. The van der Waals surface area contributed by atoms with Gasteiger partial charge in [0.25, 0.3) is 0 Å². The number of anilines is 4. The highest BCUT2D eigenvalue weighted by atomic mass is 16.7. The lowest BCUT2D eigenvalue weighted by Gasteiger charge is -2.17. The highest BCUT2D eigenvalue weighted by Crippen LogP contribution is 2.34. The van der Waals surface area contributed by atoms with E-state index in [9.17, 15) is 14.4 Å². The van der Waals surface area contributed by atoms with Crippen LogP contribution in [0.1, 0.15) is 20.3 Å². The van der Waals surface area contributed by atoms with Gasteiger partial charge < -0.3 is 38.5 Å². The zero-order valence-corrected chi connectivity index (χ0v) is 26.1. The van der Waals surface area contributed by atoms with Crippen molar-refractivity contribution < 1.29 is 47.5 Å². The summed E-state index contributed by atoms with van der Waals surface area (Å²) in [7, 11) is 5.91. The van der Waals surface area contributed by atoms with Gasteiger partial charge in [-0.1, -0.05) is 6.07 Å². The summed E-state index contributed by atoms with van der Waals surface area (Å²) in [5.41, 5.74) is 0.704. The lowest BCUT2D eigenvalue weighted by atomic mass is 10.3. The van der Waals surface area contributed by atoms with Crippen LogP contribution in [0, 0.1) is 0 Å². The molecule has 1 aromatic heterocycles. The number of rotatable bonds is 18. The van der Waals surface area contributed by atoms with Crippen LogP contribution in [-0.4, -0.2) is 102 Å². The first kappa shape index (κ1) is 36.5. The van der Waals surface area contributed by atoms with Gasteiger partial charge in [0.05, 0.1) is 18.9 Å². The minimum atomic E-state index is -0.872. The quantitative estimate of drug-likeness (QED) is 0.0759. The third kappa shape index (κ3) is 14.1. The molecule has 0 bridgehead atoms. The van der Waals surface area contributed by atoms with Crippen molar-refractivity contribution in [3.05, 3.63) is 24.3 Å². The summed E-state index contributed by atoms with van der Waals surface area (Å²) in [6.45, 7) is 4.21. The first-order valence-electron chi connectivity index (χ1n) is 13.7. The molecule has 0 saturated carbocycles. The zero-order chi connectivity index (χ0) is 33.0. The van der Waals surface area contributed by atoms with E-state index in [1.54, 1.807) is 39.2 Å². The van der Waals surface area contributed by atoms with Gasteiger partial charge in [-0.25, -0.2) is 14.4 Å². The van der Waals surface area contributed by atoms with Crippen molar-refractivity contribution in [2.24, 2.45) is 10.2 Å². The van der Waals surface area contributed by atoms with E-state index in [-0.39, 0.29) is 43.3 Å². The Bertz CT molecular complexity index is 1270. The molecule has 248 valence electrons. The van der Waals surface area contributed by atoms with Gasteiger partial charge in [-0.15, -0.1) is 5.11 Å². The normalized spacial score (nSPS) is 12.2. The topological polar surface area (TPSA) is 214 Å². The molecule has 3 amide bonds. The van der Waals surface area contributed by atoms with Crippen LogP contribution in [0.15, 0.2) is 34.5 Å². The summed E-state index contributed by atoms with van der Waals surface area (Å²) in [4.78, 5) is 45.8. The van der Waals surface area contributed by atoms with Gasteiger partial charge in [0.1, 0.15) is 12.2 Å². The van der Waals surface area contributed by atoms with E-state index in [2.05, 4.69) is 41.5 Å². The van der Waals surface area contributed by atoms with Gasteiger partial charge in [0.2, 0.25) is 5.95 Å². The summed E-state index contributed by atoms with van der Waals surface area (Å²) in [5.74, 6) is -0.239. The van der Waals surface area contributed by atoms with Gasteiger partial charge in [-0.05, 0) is 38.5 Å². The maximum Gasteiger partial charge on any atom is 0.414 e. The van der Waals surface area contributed by atoms with Crippen molar-refractivity contribution >= 4 is 52.9 Å². The molecule has 45 heavy (non-hydrogen) atoms. The number of nitrogens with zero attached hydrogens (tertiary/aromatic N) is 4. The van der Waals surface area contributed by atoms with Crippen molar-refractivity contribution in [1.29, 1.82) is 0 Å². The monoisotopic (exact) mass is 636 g/mol. The van der Waals surface area contributed by atoms with Crippen LogP contribution in [0.3, 0.4) is 0 Å². The molecule has 0 aliphatic carbocycles. The molecular weight excluding hydrogens is 596 g/mol. The maximum absolute atomic E-state index is 12.8. The summed E-state index contributed by atoms with van der Waals surface area (Å²) >= 11 is 0. The van der Waals surface area contributed by atoms with E-state index >= 15 is 0 Å². The number of carbonyl (C=O) groups is 3. The Morgan fingerprint density at radius 1 is 0.800 bits per heavy atom. The molecule has 0 aliphatic heterocycles. The number of benzene rings is 1. The summed E-state index contributed by atoms with van der Waals surface area (Å²) in [5, 5.41) is 19.1. The molecule has 1 aromatic carbocycles. The zero-order valence-electron chi connectivity index (χ0n) is 26.1. The van der Waals surface area contributed by atoms with Crippen LogP contribution in [-0.2, 0) is 33.2 Å². The van der Waals surface area contributed by atoms with E-state index in [1.165, 1.54) is 27.4 Å². The van der Waals surface area contributed by atoms with Crippen molar-refractivity contribution in [1.82, 2.24) is 9.97 Å². The SMILES string of the molecule is COCCCNc1nc(NC(=O)OC(C)COC)nc(NC(=O)OC(C)COC)c1N=Nc1cccc(NC(=O)OCOC)c1. The molecule has 0 fully saturated rings. The number of amides is 3. The number of aromatic nitrogens is 2. The second-order valence-corrected chi connectivity index (χ2v) is 9.17. The molecule has 2 atom stereocenters. The average Bonchev–Trinajstić information content (AvgIpc) is 2.98. The number of azo groups is 1. The standard InChI is InChI=1S/C27H40N8O10/c1-17(14-40-4)44-26(37)32-23-21(35-34-20-10-7-9-19(13-20)29-25(36)43-16-42-6)22(28-11-8-12-39-3)30-24(31-23)33-27(38)45-18(2)15-41-5/h7,9-10,13,17-18H,8,11-12,14-16H2,1-6H3,(H,29,36)(H3,28,30,31,32,33,37,38). The molecule has 18 heteroatoms. The molecule has 2 unspecified atom stereocenters. The van der Waals surface area contributed by atoms with Crippen molar-refractivity contribution in [2.45, 2.75) is 32.5 Å². The minimum Gasteiger partial charge on any atom is -0.444 e. The van der Waals surface area contributed by atoms with E-state index in [1.807, 2.05) is 0 Å². The summed E-state index contributed by atoms with van der Waals surface area (Å²) in [6.07, 6.45) is -3.01. The molecule has 4 N–H and O–H groups in total. The fraction of sp³-hybridized carbons (Fsp3) is 0.519. The molecule has 2 aromatic rings. The Balaban J connectivity index is 2.48. The third-order valence-electron chi connectivity index (χ3n) is 5.22. The van der Waals surface area contributed by atoms with E-state index in [0.717, 1.165) is 0 Å². The first-order valence-corrected chi connectivity index (χ1v) is 13.7. The Morgan fingerprint density at radius 2 is 1.47 bits per heavy atom. The molecule has 0 radical (unpaired) electrons. The average molecular weight is 637 g/mol. The third-order valence-corrected chi connectivity index (χ3v) is 5.22. The Hall–Kier alpha value is -4.65. The smallest absolute Gasteiger partial charge is 0.414 e. The van der Waals surface area contributed by atoms with Gasteiger partial charge >= 0.3 is 18.3 Å². The molecule has 0 saturated heterocycles. The number of ether oxygens (including phenoxy) is 7. The maximum atomic E-state index is 12.8. The highest BCUT2D eigenvalue weighted by molar-refractivity contribution is 5.91. The van der Waals surface area contributed by atoms with Crippen LogP contribution >= 0.6 is 0 Å².